The van der Waals surface area contributed by atoms with Gasteiger partial charge >= 0.3 is 0 Å². The fourth-order valence-electron chi connectivity index (χ4n) is 3.58. The van der Waals surface area contributed by atoms with E-state index < -0.39 is 0 Å². The molecule has 0 aliphatic carbocycles. The summed E-state index contributed by atoms with van der Waals surface area (Å²) in [5.74, 6) is 1.51. The molecule has 0 radical (unpaired) electrons. The topological polar surface area (TPSA) is 71.7 Å². The van der Waals surface area contributed by atoms with E-state index in [4.69, 9.17) is 9.26 Å². The molecule has 0 bridgehead atoms. The molecule has 3 heterocycles. The van der Waals surface area contributed by atoms with Crippen LogP contribution in [-0.2, 0) is 9.53 Å². The average Bonchev–Trinajstić information content (AvgIpc) is 3.40. The van der Waals surface area contributed by atoms with Gasteiger partial charge in [-0.05, 0) is 13.3 Å². The summed E-state index contributed by atoms with van der Waals surface area (Å²) in [4.78, 5) is 21.3. The molecule has 2 fully saturated rings. The summed E-state index contributed by atoms with van der Waals surface area (Å²) in [5.41, 5.74) is 0.948. The lowest BCUT2D eigenvalue weighted by Gasteiger charge is -2.37. The third kappa shape index (κ3) is 3.50. The molecule has 2 aromatic rings. The zero-order chi connectivity index (χ0) is 17.9. The molecular weight excluding hydrogens is 332 g/mol. The van der Waals surface area contributed by atoms with E-state index in [-0.39, 0.29) is 17.9 Å². The van der Waals surface area contributed by atoms with E-state index in [2.05, 4.69) is 22.0 Å². The van der Waals surface area contributed by atoms with Gasteiger partial charge in [0.2, 0.25) is 17.6 Å². The second-order valence-corrected chi connectivity index (χ2v) is 6.92. The van der Waals surface area contributed by atoms with Crippen LogP contribution in [0.2, 0.25) is 0 Å². The molecule has 1 amide bonds. The highest BCUT2D eigenvalue weighted by atomic mass is 16.5. The first-order valence-corrected chi connectivity index (χ1v) is 9.22. The van der Waals surface area contributed by atoms with Gasteiger partial charge in [0.1, 0.15) is 0 Å². The number of hydrogen-bond donors (Lipinski definition) is 0. The largest absolute Gasteiger partial charge is 0.381 e. The quantitative estimate of drug-likeness (QED) is 0.834. The second kappa shape index (κ2) is 7.55. The number of ether oxygens (including phenoxy) is 1. The van der Waals surface area contributed by atoms with Crippen molar-refractivity contribution in [1.82, 2.24) is 19.9 Å². The molecule has 7 nitrogen and oxygen atoms in total. The van der Waals surface area contributed by atoms with Gasteiger partial charge in [0, 0.05) is 38.3 Å². The lowest BCUT2D eigenvalue weighted by molar-refractivity contribution is -0.137. The van der Waals surface area contributed by atoms with Crippen molar-refractivity contribution in [3.05, 3.63) is 36.2 Å². The Morgan fingerprint density at radius 2 is 1.96 bits per heavy atom. The first-order chi connectivity index (χ1) is 12.7. The van der Waals surface area contributed by atoms with Crippen molar-refractivity contribution in [2.24, 2.45) is 5.92 Å². The number of aromatic nitrogens is 2. The molecule has 2 saturated heterocycles. The first kappa shape index (κ1) is 17.2. The van der Waals surface area contributed by atoms with E-state index in [1.54, 1.807) is 0 Å². The Bertz CT molecular complexity index is 734. The van der Waals surface area contributed by atoms with Crippen LogP contribution in [0.25, 0.3) is 11.4 Å². The van der Waals surface area contributed by atoms with Crippen LogP contribution in [0.15, 0.2) is 34.9 Å². The molecule has 2 atom stereocenters. The fourth-order valence-corrected chi connectivity index (χ4v) is 3.58. The Morgan fingerprint density at radius 1 is 1.19 bits per heavy atom. The molecule has 0 N–H and O–H groups in total. The van der Waals surface area contributed by atoms with Gasteiger partial charge in [0.15, 0.2) is 0 Å². The van der Waals surface area contributed by atoms with Gasteiger partial charge in [-0.25, -0.2) is 0 Å². The van der Waals surface area contributed by atoms with Crippen LogP contribution < -0.4 is 0 Å². The maximum atomic E-state index is 12.5. The summed E-state index contributed by atoms with van der Waals surface area (Å²) in [6, 6.07) is 9.85. The van der Waals surface area contributed by atoms with Crippen LogP contribution >= 0.6 is 0 Å². The van der Waals surface area contributed by atoms with Crippen LogP contribution in [-0.4, -0.2) is 65.2 Å². The Kier molecular flexibility index (Phi) is 4.99. The fraction of sp³-hybridized carbons (Fsp3) is 0.526. The molecular formula is C19H24N4O3. The van der Waals surface area contributed by atoms with Gasteiger partial charge in [0.05, 0.1) is 18.6 Å². The molecule has 2 unspecified atom stereocenters. The Balaban J connectivity index is 1.36. The molecule has 2 aliphatic heterocycles. The number of nitrogens with zero attached hydrogens (tertiary/aromatic N) is 4. The average molecular weight is 356 g/mol. The van der Waals surface area contributed by atoms with Crippen molar-refractivity contribution in [3.8, 4) is 11.4 Å². The second-order valence-electron chi connectivity index (χ2n) is 6.92. The predicted octanol–water partition coefficient (Wildman–Crippen LogP) is 1.98. The van der Waals surface area contributed by atoms with Crippen molar-refractivity contribution in [1.29, 1.82) is 0 Å². The molecule has 26 heavy (non-hydrogen) atoms. The molecule has 1 aromatic heterocycles. The zero-order valence-corrected chi connectivity index (χ0v) is 15.0. The van der Waals surface area contributed by atoms with Gasteiger partial charge in [-0.1, -0.05) is 35.5 Å². The number of benzene rings is 1. The summed E-state index contributed by atoms with van der Waals surface area (Å²) in [6.45, 7) is 6.43. The SMILES string of the molecule is CC(c1nc(-c2ccccc2)no1)N1CCN(C(=O)C2CCOC2)CC1. The minimum Gasteiger partial charge on any atom is -0.381 e. The van der Waals surface area contributed by atoms with Crippen molar-refractivity contribution in [2.45, 2.75) is 19.4 Å². The van der Waals surface area contributed by atoms with Crippen molar-refractivity contribution < 1.29 is 14.1 Å². The van der Waals surface area contributed by atoms with E-state index in [1.165, 1.54) is 0 Å². The zero-order valence-electron chi connectivity index (χ0n) is 15.0. The number of hydrogen-bond acceptors (Lipinski definition) is 6. The molecule has 0 saturated carbocycles. The summed E-state index contributed by atoms with van der Waals surface area (Å²) in [7, 11) is 0. The minimum absolute atomic E-state index is 0.0343. The van der Waals surface area contributed by atoms with Crippen molar-refractivity contribution >= 4 is 5.91 Å². The summed E-state index contributed by atoms with van der Waals surface area (Å²) in [6.07, 6.45) is 0.847. The molecule has 138 valence electrons. The normalized spacial score (nSPS) is 22.5. The van der Waals surface area contributed by atoms with Gasteiger partial charge in [0.25, 0.3) is 0 Å². The molecule has 0 spiro atoms. The number of amides is 1. The van der Waals surface area contributed by atoms with E-state index in [1.807, 2.05) is 35.2 Å². The summed E-state index contributed by atoms with van der Waals surface area (Å²) >= 11 is 0. The first-order valence-electron chi connectivity index (χ1n) is 9.22. The minimum atomic E-state index is 0.0343. The van der Waals surface area contributed by atoms with Gasteiger partial charge in [-0.15, -0.1) is 0 Å². The van der Waals surface area contributed by atoms with Crippen molar-refractivity contribution in [3.63, 3.8) is 0 Å². The summed E-state index contributed by atoms with van der Waals surface area (Å²) in [5, 5.41) is 4.11. The van der Waals surface area contributed by atoms with E-state index in [9.17, 15) is 4.79 Å². The van der Waals surface area contributed by atoms with Gasteiger partial charge in [-0.2, -0.15) is 4.98 Å². The Labute approximate surface area is 152 Å². The predicted molar refractivity (Wildman–Crippen MR) is 95.2 cm³/mol. The molecule has 1 aromatic carbocycles. The Morgan fingerprint density at radius 3 is 2.65 bits per heavy atom. The number of rotatable bonds is 4. The third-order valence-electron chi connectivity index (χ3n) is 5.28. The molecule has 2 aliphatic rings. The Hall–Kier alpha value is -2.25. The van der Waals surface area contributed by atoms with Crippen molar-refractivity contribution in [2.75, 3.05) is 39.4 Å². The third-order valence-corrected chi connectivity index (χ3v) is 5.28. The number of piperazine rings is 1. The molecule has 4 rings (SSSR count). The van der Waals surface area contributed by atoms with Crippen LogP contribution in [0.4, 0.5) is 0 Å². The van der Waals surface area contributed by atoms with Crippen LogP contribution in [0, 0.1) is 5.92 Å². The molecule has 7 heteroatoms. The van der Waals surface area contributed by atoms with E-state index in [0.29, 0.717) is 24.9 Å². The summed E-state index contributed by atoms with van der Waals surface area (Å²) < 4.78 is 10.8. The standard InChI is InChI=1S/C19H24N4O3/c1-14(18-20-17(21-26-18)15-5-3-2-4-6-15)22-8-10-23(11-9-22)19(24)16-7-12-25-13-16/h2-6,14,16H,7-13H2,1H3. The highest BCUT2D eigenvalue weighted by molar-refractivity contribution is 5.79. The van der Waals surface area contributed by atoms with Crippen LogP contribution in [0.1, 0.15) is 25.3 Å². The smallest absolute Gasteiger partial charge is 0.244 e. The number of carbonyl (C=O) groups excluding carboxylic acids is 1. The van der Waals surface area contributed by atoms with E-state index in [0.717, 1.165) is 38.2 Å². The number of carbonyl (C=O) groups is 1. The van der Waals surface area contributed by atoms with Gasteiger partial charge < -0.3 is 14.2 Å². The lowest BCUT2D eigenvalue weighted by Crippen LogP contribution is -2.50. The lowest BCUT2D eigenvalue weighted by atomic mass is 10.1. The van der Waals surface area contributed by atoms with Crippen LogP contribution in [0.3, 0.4) is 0 Å². The monoisotopic (exact) mass is 356 g/mol. The highest BCUT2D eigenvalue weighted by Gasteiger charge is 2.32. The van der Waals surface area contributed by atoms with E-state index >= 15 is 0 Å². The van der Waals surface area contributed by atoms with Crippen LogP contribution in [0.5, 0.6) is 0 Å². The highest BCUT2D eigenvalue weighted by Crippen LogP contribution is 2.24. The maximum Gasteiger partial charge on any atom is 0.244 e. The maximum absolute atomic E-state index is 12.5. The van der Waals surface area contributed by atoms with Gasteiger partial charge in [-0.3, -0.25) is 9.69 Å².